The molecule has 0 amide bonds. The summed E-state index contributed by atoms with van der Waals surface area (Å²) in [6.07, 6.45) is 0. The Morgan fingerprint density at radius 2 is 1.67 bits per heavy atom. The molecule has 4 nitrogen and oxygen atoms in total. The Kier molecular flexibility index (Phi) is 4.34. The highest BCUT2D eigenvalue weighted by molar-refractivity contribution is 7.92. The molecule has 0 bridgehead atoms. The van der Waals surface area contributed by atoms with Crippen LogP contribution in [-0.4, -0.2) is 8.42 Å². The minimum Gasteiger partial charge on any atom is -0.326 e. The molecule has 0 saturated heterocycles. The minimum absolute atomic E-state index is 0.281. The van der Waals surface area contributed by atoms with E-state index in [4.69, 9.17) is 5.73 Å². The van der Waals surface area contributed by atoms with Gasteiger partial charge in [-0.05, 0) is 55.7 Å². The largest absolute Gasteiger partial charge is 0.326 e. The Bertz CT molecular complexity index is 751. The Morgan fingerprint density at radius 1 is 1.05 bits per heavy atom. The first kappa shape index (κ1) is 15.5. The van der Waals surface area contributed by atoms with Crippen LogP contribution < -0.4 is 10.5 Å². The molecule has 0 fully saturated rings. The summed E-state index contributed by atoms with van der Waals surface area (Å²) >= 11 is 0. The van der Waals surface area contributed by atoms with Crippen LogP contribution in [0.2, 0.25) is 0 Å². The van der Waals surface area contributed by atoms with Gasteiger partial charge in [0.2, 0.25) is 0 Å². The fourth-order valence-corrected chi connectivity index (χ4v) is 3.55. The summed E-state index contributed by atoms with van der Waals surface area (Å²) in [5.74, 6) is 0. The maximum absolute atomic E-state index is 12.6. The number of anilines is 1. The van der Waals surface area contributed by atoms with E-state index < -0.39 is 10.0 Å². The molecule has 0 aromatic heterocycles. The molecular formula is C16H20N2O2S. The van der Waals surface area contributed by atoms with Gasteiger partial charge in [0.25, 0.3) is 10.0 Å². The van der Waals surface area contributed by atoms with E-state index in [1.54, 1.807) is 25.1 Å². The summed E-state index contributed by atoms with van der Waals surface area (Å²) < 4.78 is 27.8. The van der Waals surface area contributed by atoms with Gasteiger partial charge in [0.15, 0.2) is 0 Å². The van der Waals surface area contributed by atoms with Gasteiger partial charge in [-0.3, -0.25) is 4.72 Å². The summed E-state index contributed by atoms with van der Waals surface area (Å²) in [4.78, 5) is 0.281. The minimum atomic E-state index is -3.62. The normalized spacial score (nSPS) is 11.4. The van der Waals surface area contributed by atoms with Crippen molar-refractivity contribution in [3.8, 4) is 0 Å². The highest BCUT2D eigenvalue weighted by Crippen LogP contribution is 2.23. The third-order valence-corrected chi connectivity index (χ3v) is 5.02. The molecule has 0 saturated carbocycles. The number of nitrogens with one attached hydrogen (secondary N) is 1. The van der Waals surface area contributed by atoms with Crippen LogP contribution in [0.5, 0.6) is 0 Å². The molecule has 0 aliphatic heterocycles. The monoisotopic (exact) mass is 304 g/mol. The van der Waals surface area contributed by atoms with Crippen LogP contribution in [0.1, 0.15) is 22.3 Å². The zero-order valence-corrected chi connectivity index (χ0v) is 13.3. The van der Waals surface area contributed by atoms with Gasteiger partial charge in [0, 0.05) is 12.2 Å². The van der Waals surface area contributed by atoms with Gasteiger partial charge in [-0.25, -0.2) is 8.42 Å². The molecule has 0 radical (unpaired) electrons. The third-order valence-electron chi connectivity index (χ3n) is 3.51. The summed E-state index contributed by atoms with van der Waals surface area (Å²) in [6.45, 7) is 5.96. The average molecular weight is 304 g/mol. The fourth-order valence-electron chi connectivity index (χ4n) is 2.13. The first-order chi connectivity index (χ1) is 9.83. The van der Waals surface area contributed by atoms with Crippen molar-refractivity contribution in [2.24, 2.45) is 5.73 Å². The van der Waals surface area contributed by atoms with Gasteiger partial charge >= 0.3 is 0 Å². The SMILES string of the molecule is Cc1ccc(NS(=O)(=O)c2cc(CN)cc(C)c2C)cc1. The molecule has 0 unspecified atom stereocenters. The van der Waals surface area contributed by atoms with Gasteiger partial charge in [-0.15, -0.1) is 0 Å². The standard InChI is InChI=1S/C16H20N2O2S/c1-11-4-6-15(7-5-11)18-21(19,20)16-9-14(10-17)8-12(2)13(16)3/h4-9,18H,10,17H2,1-3H3. The molecule has 3 N–H and O–H groups in total. The van der Waals surface area contributed by atoms with Crippen molar-refractivity contribution in [2.75, 3.05) is 4.72 Å². The second kappa shape index (κ2) is 5.87. The van der Waals surface area contributed by atoms with E-state index in [-0.39, 0.29) is 4.90 Å². The van der Waals surface area contributed by atoms with Crippen LogP contribution >= 0.6 is 0 Å². The number of hydrogen-bond acceptors (Lipinski definition) is 3. The van der Waals surface area contributed by atoms with E-state index in [9.17, 15) is 8.42 Å². The van der Waals surface area contributed by atoms with Crippen molar-refractivity contribution in [1.29, 1.82) is 0 Å². The number of hydrogen-bond donors (Lipinski definition) is 2. The predicted molar refractivity (Wildman–Crippen MR) is 85.8 cm³/mol. The number of benzene rings is 2. The number of sulfonamides is 1. The zero-order valence-electron chi connectivity index (χ0n) is 12.5. The van der Waals surface area contributed by atoms with Crippen molar-refractivity contribution in [3.63, 3.8) is 0 Å². The number of rotatable bonds is 4. The molecule has 0 aliphatic rings. The van der Waals surface area contributed by atoms with Crippen molar-refractivity contribution in [3.05, 3.63) is 58.7 Å². The Hall–Kier alpha value is -1.85. The van der Waals surface area contributed by atoms with Gasteiger partial charge in [0.1, 0.15) is 0 Å². The van der Waals surface area contributed by atoms with Crippen LogP contribution in [0.15, 0.2) is 41.3 Å². The highest BCUT2D eigenvalue weighted by Gasteiger charge is 2.19. The lowest BCUT2D eigenvalue weighted by Gasteiger charge is -2.14. The topological polar surface area (TPSA) is 72.2 Å². The van der Waals surface area contributed by atoms with Gasteiger partial charge in [0.05, 0.1) is 4.90 Å². The average Bonchev–Trinajstić information content (AvgIpc) is 2.43. The van der Waals surface area contributed by atoms with Gasteiger partial charge in [-0.1, -0.05) is 23.8 Å². The van der Waals surface area contributed by atoms with E-state index in [0.717, 1.165) is 22.3 Å². The van der Waals surface area contributed by atoms with Crippen molar-refractivity contribution < 1.29 is 8.42 Å². The van der Waals surface area contributed by atoms with Crippen LogP contribution in [0.4, 0.5) is 5.69 Å². The molecule has 21 heavy (non-hydrogen) atoms. The van der Waals surface area contributed by atoms with E-state index in [1.165, 1.54) is 0 Å². The summed E-state index contributed by atoms with van der Waals surface area (Å²) in [7, 11) is -3.62. The quantitative estimate of drug-likeness (QED) is 0.912. The van der Waals surface area contributed by atoms with Crippen LogP contribution in [-0.2, 0) is 16.6 Å². The molecule has 0 aliphatic carbocycles. The molecule has 5 heteroatoms. The Labute approximate surface area is 126 Å². The Morgan fingerprint density at radius 3 is 2.24 bits per heavy atom. The lowest BCUT2D eigenvalue weighted by molar-refractivity contribution is 0.600. The van der Waals surface area contributed by atoms with Gasteiger partial charge in [-0.2, -0.15) is 0 Å². The van der Waals surface area contributed by atoms with Crippen molar-refractivity contribution in [2.45, 2.75) is 32.2 Å². The van der Waals surface area contributed by atoms with E-state index in [2.05, 4.69) is 4.72 Å². The first-order valence-electron chi connectivity index (χ1n) is 6.73. The predicted octanol–water partition coefficient (Wildman–Crippen LogP) is 2.87. The van der Waals surface area contributed by atoms with Crippen molar-refractivity contribution in [1.82, 2.24) is 0 Å². The summed E-state index contributed by atoms with van der Waals surface area (Å²) in [5.41, 5.74) is 9.73. The maximum Gasteiger partial charge on any atom is 0.262 e. The molecule has 2 aromatic rings. The molecule has 0 spiro atoms. The molecule has 0 atom stereocenters. The second-order valence-corrected chi connectivity index (χ2v) is 6.86. The Balaban J connectivity index is 2.44. The molecule has 0 heterocycles. The van der Waals surface area contributed by atoms with Gasteiger partial charge < -0.3 is 5.73 Å². The second-order valence-electron chi connectivity index (χ2n) is 5.21. The summed E-state index contributed by atoms with van der Waals surface area (Å²) in [6, 6.07) is 10.8. The third kappa shape index (κ3) is 3.43. The fraction of sp³-hybridized carbons (Fsp3) is 0.250. The number of aryl methyl sites for hydroxylation is 2. The first-order valence-corrected chi connectivity index (χ1v) is 8.21. The molecule has 2 aromatic carbocycles. The smallest absolute Gasteiger partial charge is 0.262 e. The van der Waals surface area contributed by atoms with E-state index in [1.807, 2.05) is 32.0 Å². The lowest BCUT2D eigenvalue weighted by Crippen LogP contribution is -2.15. The maximum atomic E-state index is 12.6. The van der Waals surface area contributed by atoms with Crippen LogP contribution in [0.25, 0.3) is 0 Å². The lowest BCUT2D eigenvalue weighted by atomic mass is 10.1. The highest BCUT2D eigenvalue weighted by atomic mass is 32.2. The van der Waals surface area contributed by atoms with Crippen LogP contribution in [0, 0.1) is 20.8 Å². The molecule has 112 valence electrons. The molecular weight excluding hydrogens is 284 g/mol. The number of nitrogens with two attached hydrogens (primary N) is 1. The molecule has 2 rings (SSSR count). The van der Waals surface area contributed by atoms with E-state index >= 15 is 0 Å². The zero-order chi connectivity index (χ0) is 15.6. The summed E-state index contributed by atoms with van der Waals surface area (Å²) in [5, 5.41) is 0. The van der Waals surface area contributed by atoms with E-state index in [0.29, 0.717) is 12.2 Å². The van der Waals surface area contributed by atoms with Crippen molar-refractivity contribution >= 4 is 15.7 Å². The van der Waals surface area contributed by atoms with Crippen LogP contribution in [0.3, 0.4) is 0 Å².